The van der Waals surface area contributed by atoms with Crippen LogP contribution in [0.25, 0.3) is 11.4 Å². The van der Waals surface area contributed by atoms with Crippen molar-refractivity contribution in [2.45, 2.75) is 0 Å². The standard InChI is InChI=1S/C16H8Cl4FN3/c17-8-1-3-10(12(19)5-8)14(15(21)16-22-7-23-24-16)11-4-2-9(18)6-13(11)20/h1-7H,(H,22,23,24). The molecule has 122 valence electrons. The number of nitrogens with one attached hydrogen (secondary N) is 1. The highest BCUT2D eigenvalue weighted by Gasteiger charge is 2.20. The van der Waals surface area contributed by atoms with Crippen LogP contribution in [0.5, 0.6) is 0 Å². The van der Waals surface area contributed by atoms with E-state index in [0.29, 0.717) is 21.2 Å². The molecule has 0 spiro atoms. The van der Waals surface area contributed by atoms with E-state index >= 15 is 4.39 Å². The Hall–Kier alpha value is -1.59. The number of halogens is 5. The van der Waals surface area contributed by atoms with Crippen molar-refractivity contribution in [3.8, 4) is 0 Å². The number of aromatic nitrogens is 3. The molecule has 0 saturated carbocycles. The summed E-state index contributed by atoms with van der Waals surface area (Å²) < 4.78 is 15.1. The van der Waals surface area contributed by atoms with Crippen molar-refractivity contribution in [3.63, 3.8) is 0 Å². The summed E-state index contributed by atoms with van der Waals surface area (Å²) in [6.07, 6.45) is 1.21. The number of benzene rings is 2. The molecule has 0 radical (unpaired) electrons. The number of hydrogen-bond donors (Lipinski definition) is 1. The minimum absolute atomic E-state index is 0.0398. The van der Waals surface area contributed by atoms with Crippen molar-refractivity contribution in [1.82, 2.24) is 15.2 Å². The highest BCUT2D eigenvalue weighted by Crippen LogP contribution is 2.40. The second kappa shape index (κ2) is 7.11. The number of H-pyrrole nitrogens is 1. The Morgan fingerprint density at radius 2 is 1.42 bits per heavy atom. The van der Waals surface area contributed by atoms with E-state index in [2.05, 4.69) is 15.2 Å². The van der Waals surface area contributed by atoms with Crippen molar-refractivity contribution in [2.75, 3.05) is 0 Å². The van der Waals surface area contributed by atoms with Crippen LogP contribution in [0.15, 0.2) is 42.7 Å². The molecule has 1 heterocycles. The fourth-order valence-electron chi connectivity index (χ4n) is 2.20. The number of rotatable bonds is 3. The Labute approximate surface area is 157 Å². The van der Waals surface area contributed by atoms with Gasteiger partial charge in [-0.3, -0.25) is 5.10 Å². The first-order valence-electron chi connectivity index (χ1n) is 6.63. The van der Waals surface area contributed by atoms with Gasteiger partial charge in [0.2, 0.25) is 0 Å². The minimum Gasteiger partial charge on any atom is -0.257 e. The fraction of sp³-hybridized carbons (Fsp3) is 0. The van der Waals surface area contributed by atoms with Gasteiger partial charge in [-0.1, -0.05) is 58.5 Å². The third-order valence-corrected chi connectivity index (χ3v) is 4.34. The average molecular weight is 403 g/mol. The van der Waals surface area contributed by atoms with Gasteiger partial charge >= 0.3 is 0 Å². The molecule has 0 saturated heterocycles. The van der Waals surface area contributed by atoms with E-state index in [1.165, 1.54) is 18.5 Å². The van der Waals surface area contributed by atoms with Crippen molar-refractivity contribution in [2.24, 2.45) is 0 Å². The summed E-state index contributed by atoms with van der Waals surface area (Å²) in [6, 6.07) is 9.49. The lowest BCUT2D eigenvalue weighted by atomic mass is 9.96. The molecule has 0 aliphatic rings. The number of nitrogens with zero attached hydrogens (tertiary/aromatic N) is 2. The van der Waals surface area contributed by atoms with Gasteiger partial charge in [0.05, 0.1) is 10.0 Å². The topological polar surface area (TPSA) is 41.6 Å². The van der Waals surface area contributed by atoms with E-state index in [1.807, 2.05) is 0 Å². The maximum Gasteiger partial charge on any atom is 0.185 e. The van der Waals surface area contributed by atoms with Gasteiger partial charge in [0.15, 0.2) is 11.7 Å². The first kappa shape index (κ1) is 17.2. The molecule has 0 atom stereocenters. The largest absolute Gasteiger partial charge is 0.257 e. The van der Waals surface area contributed by atoms with Gasteiger partial charge in [0.1, 0.15) is 6.33 Å². The van der Waals surface area contributed by atoms with Crippen molar-refractivity contribution >= 4 is 57.8 Å². The third-order valence-electron chi connectivity index (χ3n) is 3.24. The predicted octanol–water partition coefficient (Wildman–Crippen LogP) is 6.30. The predicted molar refractivity (Wildman–Crippen MR) is 96.3 cm³/mol. The van der Waals surface area contributed by atoms with E-state index in [-0.39, 0.29) is 21.4 Å². The van der Waals surface area contributed by atoms with Gasteiger partial charge in [-0.05, 0) is 24.3 Å². The lowest BCUT2D eigenvalue weighted by Crippen LogP contribution is -1.96. The molecule has 0 aliphatic heterocycles. The second-order valence-corrected chi connectivity index (χ2v) is 6.46. The Morgan fingerprint density at radius 3 is 1.83 bits per heavy atom. The summed E-state index contributed by atoms with van der Waals surface area (Å²) in [5.74, 6) is -0.692. The molecular formula is C16H8Cl4FN3. The van der Waals surface area contributed by atoms with E-state index in [1.54, 1.807) is 24.3 Å². The fourth-order valence-corrected chi connectivity index (χ4v) is 3.20. The molecule has 2 aromatic carbocycles. The van der Waals surface area contributed by atoms with Crippen molar-refractivity contribution in [3.05, 3.63) is 79.8 Å². The molecular weight excluding hydrogens is 395 g/mol. The molecule has 1 aromatic heterocycles. The van der Waals surface area contributed by atoms with E-state index in [9.17, 15) is 0 Å². The lowest BCUT2D eigenvalue weighted by Gasteiger charge is -2.13. The highest BCUT2D eigenvalue weighted by atomic mass is 35.5. The molecule has 0 amide bonds. The van der Waals surface area contributed by atoms with Crippen LogP contribution in [-0.4, -0.2) is 15.2 Å². The smallest absolute Gasteiger partial charge is 0.185 e. The normalized spacial score (nSPS) is 10.7. The summed E-state index contributed by atoms with van der Waals surface area (Å²) in [5, 5.41) is 7.58. The Kier molecular flexibility index (Phi) is 5.11. The number of aromatic amines is 1. The highest BCUT2D eigenvalue weighted by molar-refractivity contribution is 6.38. The molecule has 0 unspecified atom stereocenters. The first-order valence-corrected chi connectivity index (χ1v) is 8.15. The molecule has 0 fully saturated rings. The van der Waals surface area contributed by atoms with Gasteiger partial charge in [-0.25, -0.2) is 9.37 Å². The van der Waals surface area contributed by atoms with Crippen LogP contribution in [0.4, 0.5) is 4.39 Å². The Bertz CT molecular complexity index is 870. The average Bonchev–Trinajstić information content (AvgIpc) is 3.05. The summed E-state index contributed by atoms with van der Waals surface area (Å²) >= 11 is 24.4. The molecule has 8 heteroatoms. The quantitative estimate of drug-likeness (QED) is 0.558. The van der Waals surface area contributed by atoms with Crippen LogP contribution in [0.1, 0.15) is 17.0 Å². The second-order valence-electron chi connectivity index (χ2n) is 4.77. The minimum atomic E-state index is -0.652. The summed E-state index contributed by atoms with van der Waals surface area (Å²) in [5.41, 5.74) is 0.994. The maximum absolute atomic E-state index is 15.1. The molecule has 0 bridgehead atoms. The summed E-state index contributed by atoms with van der Waals surface area (Å²) in [7, 11) is 0. The lowest BCUT2D eigenvalue weighted by molar-refractivity contribution is 0.746. The van der Waals surface area contributed by atoms with Gasteiger partial charge in [-0.2, -0.15) is 5.10 Å². The van der Waals surface area contributed by atoms with Gasteiger partial charge < -0.3 is 0 Å². The van der Waals surface area contributed by atoms with Gasteiger partial charge in [0.25, 0.3) is 0 Å². The van der Waals surface area contributed by atoms with Crippen molar-refractivity contribution < 1.29 is 4.39 Å². The third kappa shape index (κ3) is 3.42. The van der Waals surface area contributed by atoms with Crippen LogP contribution >= 0.6 is 46.4 Å². The molecule has 0 aliphatic carbocycles. The maximum atomic E-state index is 15.1. The zero-order valence-electron chi connectivity index (χ0n) is 11.8. The monoisotopic (exact) mass is 401 g/mol. The Balaban J connectivity index is 2.31. The SMILES string of the molecule is FC(=C(c1ccc(Cl)cc1Cl)c1ccc(Cl)cc1Cl)c1ncn[nH]1. The molecule has 3 rings (SSSR count). The zero-order valence-corrected chi connectivity index (χ0v) is 14.8. The van der Waals surface area contributed by atoms with Crippen LogP contribution in [-0.2, 0) is 0 Å². The van der Waals surface area contributed by atoms with E-state index in [0.717, 1.165) is 0 Å². The first-order chi connectivity index (χ1) is 11.5. The van der Waals surface area contributed by atoms with Crippen LogP contribution in [0, 0.1) is 0 Å². The van der Waals surface area contributed by atoms with Crippen LogP contribution in [0.3, 0.4) is 0 Å². The van der Waals surface area contributed by atoms with Crippen LogP contribution in [0.2, 0.25) is 20.1 Å². The van der Waals surface area contributed by atoms with Crippen molar-refractivity contribution in [1.29, 1.82) is 0 Å². The van der Waals surface area contributed by atoms with E-state index in [4.69, 9.17) is 46.4 Å². The van der Waals surface area contributed by atoms with Crippen LogP contribution < -0.4 is 0 Å². The number of hydrogen-bond acceptors (Lipinski definition) is 2. The molecule has 24 heavy (non-hydrogen) atoms. The van der Waals surface area contributed by atoms with Gasteiger partial charge in [0, 0.05) is 26.7 Å². The molecule has 3 nitrogen and oxygen atoms in total. The molecule has 3 aromatic rings. The van der Waals surface area contributed by atoms with E-state index < -0.39 is 5.83 Å². The molecule has 1 N–H and O–H groups in total. The van der Waals surface area contributed by atoms with Gasteiger partial charge in [-0.15, -0.1) is 0 Å². The Morgan fingerprint density at radius 1 is 0.875 bits per heavy atom. The summed E-state index contributed by atoms with van der Waals surface area (Å²) in [4.78, 5) is 3.84. The summed E-state index contributed by atoms with van der Waals surface area (Å²) in [6.45, 7) is 0. The zero-order chi connectivity index (χ0) is 17.3.